The number of ketones is 1. The molecule has 0 radical (unpaired) electrons. The van der Waals surface area contributed by atoms with E-state index >= 15 is 0 Å². The van der Waals surface area contributed by atoms with Crippen LogP contribution in [0.4, 0.5) is 17.6 Å². The van der Waals surface area contributed by atoms with Gasteiger partial charge < -0.3 is 0 Å². The van der Waals surface area contributed by atoms with Crippen LogP contribution in [-0.2, 0) is 0 Å². The van der Waals surface area contributed by atoms with Gasteiger partial charge in [0.15, 0.2) is 5.78 Å². The molecule has 0 aromatic heterocycles. The van der Waals surface area contributed by atoms with Gasteiger partial charge in [-0.1, -0.05) is 35.9 Å². The molecule has 0 fully saturated rings. The first-order valence-corrected chi connectivity index (χ1v) is 5.75. The topological polar surface area (TPSA) is 17.1 Å². The van der Waals surface area contributed by atoms with Gasteiger partial charge in [-0.2, -0.15) is 0 Å². The molecule has 5 heteroatoms. The first-order chi connectivity index (χ1) is 8.83. The van der Waals surface area contributed by atoms with Crippen molar-refractivity contribution >= 4 is 5.78 Å². The van der Waals surface area contributed by atoms with Gasteiger partial charge in [0.05, 0.1) is 0 Å². The standard InChI is InChI=1S/C14H14F4O/c1-10(7-8-14(17,18)13(15)16)9-12(19)11-5-3-2-4-6-11/h2-6,9,13H,7-8H2,1H3/b10-9+. The summed E-state index contributed by atoms with van der Waals surface area (Å²) in [6.45, 7) is 1.47. The van der Waals surface area contributed by atoms with E-state index < -0.39 is 18.8 Å². The number of rotatable bonds is 6. The molecule has 0 aliphatic heterocycles. The predicted octanol–water partition coefficient (Wildman–Crippen LogP) is 4.50. The quantitative estimate of drug-likeness (QED) is 0.424. The highest BCUT2D eigenvalue weighted by atomic mass is 19.3. The summed E-state index contributed by atoms with van der Waals surface area (Å²) < 4.78 is 49.3. The van der Waals surface area contributed by atoms with Gasteiger partial charge in [0, 0.05) is 12.0 Å². The molecule has 1 aromatic carbocycles. The first-order valence-electron chi connectivity index (χ1n) is 5.75. The van der Waals surface area contributed by atoms with Crippen molar-refractivity contribution in [3.05, 3.63) is 47.5 Å². The maximum absolute atomic E-state index is 12.7. The van der Waals surface area contributed by atoms with Gasteiger partial charge in [0.25, 0.3) is 0 Å². The molecular formula is C14H14F4O. The van der Waals surface area contributed by atoms with E-state index in [2.05, 4.69) is 0 Å². The third kappa shape index (κ3) is 4.85. The van der Waals surface area contributed by atoms with Crippen LogP contribution in [0, 0.1) is 0 Å². The Morgan fingerprint density at radius 1 is 1.26 bits per heavy atom. The minimum atomic E-state index is -4.01. The Bertz CT molecular complexity index is 452. The fraction of sp³-hybridized carbons (Fsp3) is 0.357. The zero-order chi connectivity index (χ0) is 14.5. The number of carbonyl (C=O) groups excluding carboxylic acids is 1. The lowest BCUT2D eigenvalue weighted by atomic mass is 10.0. The van der Waals surface area contributed by atoms with E-state index in [1.54, 1.807) is 30.3 Å². The molecule has 104 valence electrons. The molecule has 0 atom stereocenters. The molecule has 0 saturated heterocycles. The van der Waals surface area contributed by atoms with Gasteiger partial charge in [-0.25, -0.2) is 17.6 Å². The molecule has 19 heavy (non-hydrogen) atoms. The molecule has 0 amide bonds. The molecule has 0 saturated carbocycles. The third-order valence-corrected chi connectivity index (χ3v) is 2.61. The summed E-state index contributed by atoms with van der Waals surface area (Å²) in [6, 6.07) is 8.30. The van der Waals surface area contributed by atoms with E-state index in [1.807, 2.05) is 0 Å². The van der Waals surface area contributed by atoms with Crippen LogP contribution in [0.15, 0.2) is 42.0 Å². The number of halogens is 4. The summed E-state index contributed by atoms with van der Waals surface area (Å²) in [6.07, 6.45) is -3.67. The van der Waals surface area contributed by atoms with Crippen LogP contribution < -0.4 is 0 Å². The average Bonchev–Trinajstić information content (AvgIpc) is 2.37. The number of carbonyl (C=O) groups is 1. The summed E-state index contributed by atoms with van der Waals surface area (Å²) in [4.78, 5) is 11.7. The van der Waals surface area contributed by atoms with Gasteiger partial charge in [-0.3, -0.25) is 4.79 Å². The Hall–Kier alpha value is -1.65. The number of hydrogen-bond acceptors (Lipinski definition) is 1. The Morgan fingerprint density at radius 2 is 1.84 bits per heavy atom. The number of allylic oxidation sites excluding steroid dienone is 2. The Kier molecular flexibility index (Phi) is 5.27. The number of alkyl halides is 4. The minimum Gasteiger partial charge on any atom is -0.289 e. The van der Waals surface area contributed by atoms with Crippen molar-refractivity contribution in [2.45, 2.75) is 32.1 Å². The van der Waals surface area contributed by atoms with Gasteiger partial charge in [-0.05, 0) is 19.4 Å². The maximum atomic E-state index is 12.7. The van der Waals surface area contributed by atoms with E-state index in [9.17, 15) is 22.4 Å². The van der Waals surface area contributed by atoms with Crippen molar-refractivity contribution in [2.75, 3.05) is 0 Å². The van der Waals surface area contributed by atoms with Crippen LogP contribution >= 0.6 is 0 Å². The normalized spacial score (nSPS) is 12.8. The molecule has 0 spiro atoms. The summed E-state index contributed by atoms with van der Waals surface area (Å²) in [7, 11) is 0. The Balaban J connectivity index is 2.61. The minimum absolute atomic E-state index is 0.240. The zero-order valence-corrected chi connectivity index (χ0v) is 10.4. The summed E-state index contributed by atoms with van der Waals surface area (Å²) in [5.41, 5.74) is 0.789. The molecule has 0 heterocycles. The average molecular weight is 274 g/mol. The second kappa shape index (κ2) is 6.50. The molecule has 1 rings (SSSR count). The van der Waals surface area contributed by atoms with Crippen LogP contribution in [0.1, 0.15) is 30.1 Å². The fourth-order valence-electron chi connectivity index (χ4n) is 1.45. The second-order valence-electron chi connectivity index (χ2n) is 4.28. The Labute approximate surface area is 108 Å². The lowest BCUT2D eigenvalue weighted by molar-refractivity contribution is -0.132. The molecule has 0 unspecified atom stereocenters. The SMILES string of the molecule is C/C(=C\C(=O)c1ccccc1)CCC(F)(F)C(F)F. The second-order valence-corrected chi connectivity index (χ2v) is 4.28. The molecule has 0 bridgehead atoms. The Morgan fingerprint density at radius 3 is 2.37 bits per heavy atom. The highest BCUT2D eigenvalue weighted by molar-refractivity contribution is 6.04. The largest absolute Gasteiger partial charge is 0.307 e. The van der Waals surface area contributed by atoms with E-state index in [1.165, 1.54) is 13.0 Å². The smallest absolute Gasteiger partial charge is 0.289 e. The van der Waals surface area contributed by atoms with Gasteiger partial charge in [-0.15, -0.1) is 0 Å². The predicted molar refractivity (Wildman–Crippen MR) is 64.7 cm³/mol. The van der Waals surface area contributed by atoms with Gasteiger partial charge in [0.2, 0.25) is 0 Å². The molecule has 0 aliphatic carbocycles. The zero-order valence-electron chi connectivity index (χ0n) is 10.4. The van der Waals surface area contributed by atoms with E-state index in [0.29, 0.717) is 11.1 Å². The molecular weight excluding hydrogens is 260 g/mol. The van der Waals surface area contributed by atoms with Crippen molar-refractivity contribution in [1.82, 2.24) is 0 Å². The molecule has 0 aliphatic rings. The lowest BCUT2D eigenvalue weighted by Gasteiger charge is -2.14. The maximum Gasteiger partial charge on any atom is 0.307 e. The number of hydrogen-bond donors (Lipinski definition) is 0. The lowest BCUT2D eigenvalue weighted by Crippen LogP contribution is -2.26. The van der Waals surface area contributed by atoms with E-state index in [-0.39, 0.29) is 12.2 Å². The summed E-state index contributed by atoms with van der Waals surface area (Å²) in [5.74, 6) is -4.33. The van der Waals surface area contributed by atoms with Crippen LogP contribution in [-0.4, -0.2) is 18.1 Å². The van der Waals surface area contributed by atoms with Crippen molar-refractivity contribution in [1.29, 1.82) is 0 Å². The summed E-state index contributed by atoms with van der Waals surface area (Å²) >= 11 is 0. The fourth-order valence-corrected chi connectivity index (χ4v) is 1.45. The van der Waals surface area contributed by atoms with Gasteiger partial charge >= 0.3 is 12.3 Å². The van der Waals surface area contributed by atoms with Crippen molar-refractivity contribution < 1.29 is 22.4 Å². The monoisotopic (exact) mass is 274 g/mol. The van der Waals surface area contributed by atoms with E-state index in [0.717, 1.165) is 0 Å². The summed E-state index contributed by atoms with van der Waals surface area (Å²) in [5, 5.41) is 0. The van der Waals surface area contributed by atoms with Crippen molar-refractivity contribution in [3.63, 3.8) is 0 Å². The molecule has 1 nitrogen and oxygen atoms in total. The van der Waals surface area contributed by atoms with Crippen LogP contribution in [0.25, 0.3) is 0 Å². The highest BCUT2D eigenvalue weighted by Gasteiger charge is 2.39. The van der Waals surface area contributed by atoms with Crippen LogP contribution in [0.5, 0.6) is 0 Å². The highest BCUT2D eigenvalue weighted by Crippen LogP contribution is 2.29. The van der Waals surface area contributed by atoms with Crippen molar-refractivity contribution in [2.24, 2.45) is 0 Å². The van der Waals surface area contributed by atoms with Gasteiger partial charge in [0.1, 0.15) is 0 Å². The van der Waals surface area contributed by atoms with Crippen LogP contribution in [0.2, 0.25) is 0 Å². The van der Waals surface area contributed by atoms with Crippen LogP contribution in [0.3, 0.4) is 0 Å². The number of benzene rings is 1. The first kappa shape index (κ1) is 15.4. The third-order valence-electron chi connectivity index (χ3n) is 2.61. The van der Waals surface area contributed by atoms with Crippen molar-refractivity contribution in [3.8, 4) is 0 Å². The van der Waals surface area contributed by atoms with E-state index in [4.69, 9.17) is 0 Å². The molecule has 1 aromatic rings. The molecule has 0 N–H and O–H groups in total.